The molecule has 3 aromatic heterocycles. The van der Waals surface area contributed by atoms with E-state index in [4.69, 9.17) is 4.74 Å². The predicted molar refractivity (Wildman–Crippen MR) is 135 cm³/mol. The van der Waals surface area contributed by atoms with E-state index in [1.54, 1.807) is 28.8 Å². The van der Waals surface area contributed by atoms with Gasteiger partial charge < -0.3 is 15.2 Å². The van der Waals surface area contributed by atoms with Crippen molar-refractivity contribution in [2.24, 2.45) is 0 Å². The number of aliphatic hydroxyl groups excluding tert-OH is 1. The van der Waals surface area contributed by atoms with E-state index < -0.39 is 6.10 Å². The van der Waals surface area contributed by atoms with E-state index in [9.17, 15) is 14.7 Å². The number of hydrogen-bond acceptors (Lipinski definition) is 5. The first-order valence-corrected chi connectivity index (χ1v) is 11.3. The smallest absolute Gasteiger partial charge is 0.263 e. The molecule has 7 nitrogen and oxygen atoms in total. The third-order valence-electron chi connectivity index (χ3n) is 6.31. The summed E-state index contributed by atoms with van der Waals surface area (Å²) < 4.78 is 7.44. The second-order valence-electron chi connectivity index (χ2n) is 8.44. The number of rotatable bonds is 6. The summed E-state index contributed by atoms with van der Waals surface area (Å²) in [5.41, 5.74) is 2.95. The SMILES string of the molecule is O=C(COc1ccc2c(c1)c1ccnc3c4ccccc4c(=O)n2c13)NC[C@H](O)c1ccccc1. The zero-order valence-electron chi connectivity index (χ0n) is 18.6. The van der Waals surface area contributed by atoms with E-state index in [1.165, 1.54) is 0 Å². The molecule has 0 aliphatic rings. The Bertz CT molecular complexity index is 1760. The Morgan fingerprint density at radius 2 is 1.71 bits per heavy atom. The summed E-state index contributed by atoms with van der Waals surface area (Å²) in [6.07, 6.45) is 0.953. The maximum atomic E-state index is 13.3. The van der Waals surface area contributed by atoms with Crippen LogP contribution in [-0.4, -0.2) is 33.6 Å². The number of hydrogen-bond donors (Lipinski definition) is 2. The Labute approximate surface area is 199 Å². The van der Waals surface area contributed by atoms with Crippen LogP contribution in [0.15, 0.2) is 89.9 Å². The fourth-order valence-electron chi connectivity index (χ4n) is 4.64. The molecule has 0 saturated heterocycles. The molecule has 0 radical (unpaired) electrons. The number of amides is 1. The lowest BCUT2D eigenvalue weighted by molar-refractivity contribution is -0.123. The third-order valence-corrected chi connectivity index (χ3v) is 6.31. The average Bonchev–Trinajstić information content (AvgIpc) is 3.24. The first kappa shape index (κ1) is 21.1. The van der Waals surface area contributed by atoms with E-state index in [2.05, 4.69) is 10.3 Å². The van der Waals surface area contributed by atoms with Gasteiger partial charge in [-0.25, -0.2) is 0 Å². The highest BCUT2D eigenvalue weighted by Gasteiger charge is 2.18. The van der Waals surface area contributed by atoms with Crippen molar-refractivity contribution >= 4 is 44.0 Å². The van der Waals surface area contributed by atoms with Crippen molar-refractivity contribution in [3.05, 3.63) is 101 Å². The molecule has 1 amide bonds. The van der Waals surface area contributed by atoms with Crippen LogP contribution in [0.5, 0.6) is 5.75 Å². The average molecular weight is 463 g/mol. The topological polar surface area (TPSA) is 92.9 Å². The van der Waals surface area contributed by atoms with Crippen LogP contribution < -0.4 is 15.6 Å². The lowest BCUT2D eigenvalue weighted by Crippen LogP contribution is -2.32. The van der Waals surface area contributed by atoms with Crippen molar-refractivity contribution in [1.29, 1.82) is 0 Å². The van der Waals surface area contributed by atoms with Crippen LogP contribution >= 0.6 is 0 Å². The van der Waals surface area contributed by atoms with Gasteiger partial charge in [-0.1, -0.05) is 48.5 Å². The Morgan fingerprint density at radius 3 is 2.54 bits per heavy atom. The summed E-state index contributed by atoms with van der Waals surface area (Å²) in [7, 11) is 0. The van der Waals surface area contributed by atoms with Gasteiger partial charge >= 0.3 is 0 Å². The standard InChI is InChI=1S/C28H21N3O4/c32-24(17-6-2-1-3-7-17)15-30-25(33)16-35-18-10-11-23-22(14-18)20-12-13-29-26-19-8-4-5-9-21(19)28(34)31(23)27(20)26/h1-14,24,32H,15-16H2,(H,30,33)/t24-/m0/s1. The number of carbonyl (C=O) groups is 1. The number of carbonyl (C=O) groups excluding carboxylic acids is 1. The van der Waals surface area contributed by atoms with E-state index >= 15 is 0 Å². The molecule has 0 spiro atoms. The number of benzene rings is 3. The summed E-state index contributed by atoms with van der Waals surface area (Å²) in [5, 5.41) is 16.1. The normalized spacial score (nSPS) is 12.5. The zero-order valence-corrected chi connectivity index (χ0v) is 18.6. The molecule has 6 aromatic rings. The van der Waals surface area contributed by atoms with Crippen molar-refractivity contribution in [2.75, 3.05) is 13.2 Å². The summed E-state index contributed by atoms with van der Waals surface area (Å²) in [5.74, 6) is 0.176. The Balaban J connectivity index is 1.28. The van der Waals surface area contributed by atoms with E-state index in [0.717, 1.165) is 38.3 Å². The minimum atomic E-state index is -0.790. The van der Waals surface area contributed by atoms with Crippen LogP contribution in [0, 0.1) is 0 Å². The number of fused-ring (bicyclic) bond motifs is 5. The van der Waals surface area contributed by atoms with E-state index in [1.807, 2.05) is 60.7 Å². The lowest BCUT2D eigenvalue weighted by atomic mass is 10.1. The quantitative estimate of drug-likeness (QED) is 0.367. The van der Waals surface area contributed by atoms with Gasteiger partial charge in [0.2, 0.25) is 0 Å². The zero-order chi connectivity index (χ0) is 23.9. The van der Waals surface area contributed by atoms with Crippen LogP contribution in [0.1, 0.15) is 11.7 Å². The van der Waals surface area contributed by atoms with Crippen molar-refractivity contribution in [3.8, 4) is 5.75 Å². The van der Waals surface area contributed by atoms with Gasteiger partial charge in [0.25, 0.3) is 11.5 Å². The summed E-state index contributed by atoms with van der Waals surface area (Å²) >= 11 is 0. The molecule has 0 bridgehead atoms. The number of nitrogens with zero attached hydrogens (tertiary/aromatic N) is 2. The Kier molecular flexibility index (Phi) is 5.04. The molecular formula is C28H21N3O4. The fraction of sp³-hybridized carbons (Fsp3) is 0.107. The molecule has 0 unspecified atom stereocenters. The molecule has 3 heterocycles. The lowest BCUT2D eigenvalue weighted by Gasteiger charge is -2.12. The molecule has 0 saturated carbocycles. The molecule has 172 valence electrons. The van der Waals surface area contributed by atoms with Gasteiger partial charge in [0.05, 0.1) is 22.7 Å². The van der Waals surface area contributed by atoms with Gasteiger partial charge in [0, 0.05) is 34.3 Å². The van der Waals surface area contributed by atoms with Gasteiger partial charge in [-0.05, 0) is 35.9 Å². The maximum absolute atomic E-state index is 13.3. The molecule has 0 aliphatic heterocycles. The second kappa shape index (κ2) is 8.38. The van der Waals surface area contributed by atoms with Crippen LogP contribution in [0.4, 0.5) is 0 Å². The summed E-state index contributed by atoms with van der Waals surface area (Å²) in [6, 6.07) is 23.9. The van der Waals surface area contributed by atoms with Crippen molar-refractivity contribution in [1.82, 2.24) is 14.7 Å². The number of nitrogens with one attached hydrogen (secondary N) is 1. The molecule has 7 heteroatoms. The molecular weight excluding hydrogens is 442 g/mol. The van der Waals surface area contributed by atoms with Crippen molar-refractivity contribution in [2.45, 2.75) is 6.10 Å². The molecule has 0 fully saturated rings. The van der Waals surface area contributed by atoms with Crippen LogP contribution in [0.3, 0.4) is 0 Å². The van der Waals surface area contributed by atoms with Crippen molar-refractivity contribution < 1.29 is 14.6 Å². The number of aromatic nitrogens is 2. The molecule has 35 heavy (non-hydrogen) atoms. The summed E-state index contributed by atoms with van der Waals surface area (Å²) in [4.78, 5) is 30.2. The van der Waals surface area contributed by atoms with Gasteiger partial charge in [-0.2, -0.15) is 0 Å². The number of pyridine rings is 2. The van der Waals surface area contributed by atoms with Gasteiger partial charge in [0.15, 0.2) is 6.61 Å². The monoisotopic (exact) mass is 463 g/mol. The predicted octanol–water partition coefficient (Wildman–Crippen LogP) is 3.82. The Hall–Kier alpha value is -4.49. The largest absolute Gasteiger partial charge is 0.484 e. The first-order chi connectivity index (χ1) is 17.1. The molecule has 2 N–H and O–H groups in total. The Morgan fingerprint density at radius 1 is 0.943 bits per heavy atom. The van der Waals surface area contributed by atoms with E-state index in [0.29, 0.717) is 11.1 Å². The minimum absolute atomic E-state index is 0.0916. The summed E-state index contributed by atoms with van der Waals surface area (Å²) in [6.45, 7) is -0.0972. The minimum Gasteiger partial charge on any atom is -0.484 e. The highest BCUT2D eigenvalue weighted by atomic mass is 16.5. The fourth-order valence-corrected chi connectivity index (χ4v) is 4.64. The first-order valence-electron chi connectivity index (χ1n) is 11.3. The third kappa shape index (κ3) is 3.53. The van der Waals surface area contributed by atoms with Gasteiger partial charge in [-0.3, -0.25) is 19.0 Å². The van der Waals surface area contributed by atoms with Gasteiger partial charge in [0.1, 0.15) is 5.75 Å². The van der Waals surface area contributed by atoms with Crippen LogP contribution in [0.25, 0.3) is 38.1 Å². The van der Waals surface area contributed by atoms with Crippen molar-refractivity contribution in [3.63, 3.8) is 0 Å². The van der Waals surface area contributed by atoms with E-state index in [-0.39, 0.29) is 24.6 Å². The molecule has 3 aromatic carbocycles. The van der Waals surface area contributed by atoms with Gasteiger partial charge in [-0.15, -0.1) is 0 Å². The van der Waals surface area contributed by atoms with Crippen LogP contribution in [0.2, 0.25) is 0 Å². The molecule has 0 aliphatic carbocycles. The maximum Gasteiger partial charge on any atom is 0.263 e. The number of aliphatic hydroxyl groups is 1. The highest BCUT2D eigenvalue weighted by Crippen LogP contribution is 2.34. The highest BCUT2D eigenvalue weighted by molar-refractivity contribution is 6.18. The second-order valence-corrected chi connectivity index (χ2v) is 8.44. The van der Waals surface area contributed by atoms with Crippen LogP contribution in [-0.2, 0) is 4.79 Å². The number of ether oxygens (including phenoxy) is 1. The molecule has 1 atom stereocenters. The molecule has 6 rings (SSSR count).